The predicted octanol–water partition coefficient (Wildman–Crippen LogP) is 1.51. The molecular formula is C10H19ClN4. The quantitative estimate of drug-likeness (QED) is 0.834. The van der Waals surface area contributed by atoms with E-state index in [1.54, 1.807) is 6.20 Å². The lowest BCUT2D eigenvalue weighted by Crippen LogP contribution is -2.28. The van der Waals surface area contributed by atoms with Crippen LogP contribution in [0.5, 0.6) is 0 Å². The summed E-state index contributed by atoms with van der Waals surface area (Å²) in [6.07, 6.45) is 2.70. The Bertz CT molecular complexity index is 308. The Morgan fingerprint density at radius 1 is 1.60 bits per heavy atom. The molecule has 5 heteroatoms. The van der Waals surface area contributed by atoms with E-state index >= 15 is 0 Å². The molecule has 1 heterocycles. The molecule has 0 radical (unpaired) electrons. The van der Waals surface area contributed by atoms with Gasteiger partial charge < -0.3 is 10.6 Å². The molecule has 0 spiro atoms. The lowest BCUT2D eigenvalue weighted by atomic mass is 10.2. The zero-order valence-corrected chi connectivity index (χ0v) is 10.3. The minimum Gasteiger partial charge on any atom is -0.322 e. The number of nitrogens with zero attached hydrogens (tertiary/aromatic N) is 3. The van der Waals surface area contributed by atoms with Gasteiger partial charge >= 0.3 is 0 Å². The minimum absolute atomic E-state index is 0.0819. The fraction of sp³-hybridized carbons (Fsp3) is 0.700. The van der Waals surface area contributed by atoms with Crippen LogP contribution in [0.1, 0.15) is 25.1 Å². The van der Waals surface area contributed by atoms with Gasteiger partial charge in [0.2, 0.25) is 0 Å². The van der Waals surface area contributed by atoms with E-state index in [2.05, 4.69) is 12.0 Å². The second-order valence-electron chi connectivity index (χ2n) is 3.97. The Balaban J connectivity index is 2.85. The Morgan fingerprint density at radius 3 is 2.80 bits per heavy atom. The van der Waals surface area contributed by atoms with Gasteiger partial charge in [-0.05, 0) is 20.5 Å². The molecule has 1 atom stereocenters. The van der Waals surface area contributed by atoms with Crippen LogP contribution < -0.4 is 5.73 Å². The summed E-state index contributed by atoms with van der Waals surface area (Å²) in [7, 11) is 3.99. The van der Waals surface area contributed by atoms with Gasteiger partial charge in [0, 0.05) is 13.1 Å². The van der Waals surface area contributed by atoms with Crippen LogP contribution in [0.3, 0.4) is 0 Å². The minimum atomic E-state index is -0.0819. The summed E-state index contributed by atoms with van der Waals surface area (Å²) in [5.41, 5.74) is 7.02. The van der Waals surface area contributed by atoms with Crippen LogP contribution in [-0.2, 0) is 6.54 Å². The van der Waals surface area contributed by atoms with E-state index in [1.165, 1.54) is 0 Å². The van der Waals surface area contributed by atoms with Crippen LogP contribution in [0.25, 0.3) is 0 Å². The van der Waals surface area contributed by atoms with Gasteiger partial charge in [0.25, 0.3) is 0 Å². The average molecular weight is 231 g/mol. The second-order valence-corrected chi connectivity index (χ2v) is 4.38. The summed E-state index contributed by atoms with van der Waals surface area (Å²) in [5.74, 6) is 0. The molecule has 0 aromatic carbocycles. The van der Waals surface area contributed by atoms with Gasteiger partial charge in [-0.1, -0.05) is 18.5 Å². The molecule has 15 heavy (non-hydrogen) atoms. The molecule has 4 nitrogen and oxygen atoms in total. The van der Waals surface area contributed by atoms with Crippen molar-refractivity contribution in [2.75, 3.05) is 20.6 Å². The molecule has 2 N–H and O–H groups in total. The van der Waals surface area contributed by atoms with Crippen LogP contribution >= 0.6 is 11.6 Å². The molecule has 86 valence electrons. The van der Waals surface area contributed by atoms with Crippen molar-refractivity contribution >= 4 is 11.6 Å². The molecule has 0 bridgehead atoms. The van der Waals surface area contributed by atoms with E-state index in [0.29, 0.717) is 5.02 Å². The maximum atomic E-state index is 6.09. The highest BCUT2D eigenvalue weighted by Crippen LogP contribution is 2.21. The van der Waals surface area contributed by atoms with Crippen LogP contribution in [0.15, 0.2) is 6.20 Å². The molecule has 1 rings (SSSR count). The van der Waals surface area contributed by atoms with Crippen LogP contribution in [0.2, 0.25) is 5.02 Å². The van der Waals surface area contributed by atoms with Crippen molar-refractivity contribution in [3.63, 3.8) is 0 Å². The van der Waals surface area contributed by atoms with Gasteiger partial charge in [0.1, 0.15) is 0 Å². The molecule has 1 aromatic heterocycles. The Kier molecular flexibility index (Phi) is 4.57. The standard InChI is InChI=1S/C10H19ClN4/c1-4-5-15-10(8(11)6-13-15)9(12)7-14(2)3/h6,9H,4-5,7,12H2,1-3H3. The highest BCUT2D eigenvalue weighted by molar-refractivity contribution is 6.31. The van der Waals surface area contributed by atoms with Crippen LogP contribution in [-0.4, -0.2) is 35.3 Å². The molecule has 0 saturated carbocycles. The fourth-order valence-electron chi connectivity index (χ4n) is 1.61. The van der Waals surface area contributed by atoms with Crippen LogP contribution in [0, 0.1) is 0 Å². The van der Waals surface area contributed by atoms with Gasteiger partial charge in [0.05, 0.1) is 23.0 Å². The second kappa shape index (κ2) is 5.49. The molecule has 0 aliphatic heterocycles. The molecular weight excluding hydrogens is 212 g/mol. The zero-order valence-electron chi connectivity index (χ0n) is 9.57. The Hall–Kier alpha value is -0.580. The number of halogens is 1. The number of hydrogen-bond acceptors (Lipinski definition) is 3. The van der Waals surface area contributed by atoms with Crippen molar-refractivity contribution in [3.05, 3.63) is 16.9 Å². The topological polar surface area (TPSA) is 47.1 Å². The van der Waals surface area contributed by atoms with Crippen molar-refractivity contribution in [2.24, 2.45) is 5.73 Å². The van der Waals surface area contributed by atoms with E-state index in [-0.39, 0.29) is 6.04 Å². The summed E-state index contributed by atoms with van der Waals surface area (Å²) in [6.45, 7) is 3.75. The average Bonchev–Trinajstić information content (AvgIpc) is 2.46. The van der Waals surface area contributed by atoms with Crippen molar-refractivity contribution in [1.82, 2.24) is 14.7 Å². The predicted molar refractivity (Wildman–Crippen MR) is 63.0 cm³/mol. The fourth-order valence-corrected chi connectivity index (χ4v) is 1.89. The van der Waals surface area contributed by atoms with Crippen molar-refractivity contribution in [1.29, 1.82) is 0 Å². The van der Waals surface area contributed by atoms with E-state index in [4.69, 9.17) is 17.3 Å². The molecule has 1 aromatic rings. The summed E-state index contributed by atoms with van der Waals surface area (Å²) in [5, 5.41) is 4.88. The van der Waals surface area contributed by atoms with E-state index in [0.717, 1.165) is 25.2 Å². The van der Waals surface area contributed by atoms with Gasteiger partial charge in [-0.25, -0.2) is 0 Å². The summed E-state index contributed by atoms with van der Waals surface area (Å²) >= 11 is 6.08. The maximum Gasteiger partial charge on any atom is 0.0834 e. The third-order valence-corrected chi connectivity index (χ3v) is 2.47. The Morgan fingerprint density at radius 2 is 2.27 bits per heavy atom. The molecule has 0 saturated heterocycles. The smallest absolute Gasteiger partial charge is 0.0834 e. The highest BCUT2D eigenvalue weighted by atomic mass is 35.5. The molecule has 0 amide bonds. The van der Waals surface area contributed by atoms with Gasteiger partial charge in [0.15, 0.2) is 0 Å². The first-order chi connectivity index (χ1) is 7.06. The molecule has 1 unspecified atom stereocenters. The monoisotopic (exact) mass is 230 g/mol. The summed E-state index contributed by atoms with van der Waals surface area (Å²) < 4.78 is 1.90. The summed E-state index contributed by atoms with van der Waals surface area (Å²) in [4.78, 5) is 2.05. The Labute approximate surface area is 96.0 Å². The van der Waals surface area contributed by atoms with E-state index < -0.39 is 0 Å². The van der Waals surface area contributed by atoms with Crippen molar-refractivity contribution < 1.29 is 0 Å². The van der Waals surface area contributed by atoms with Gasteiger partial charge in [-0.2, -0.15) is 5.10 Å². The molecule has 0 aliphatic rings. The third-order valence-electron chi connectivity index (χ3n) is 2.18. The molecule has 0 aliphatic carbocycles. The largest absolute Gasteiger partial charge is 0.322 e. The first-order valence-electron chi connectivity index (χ1n) is 5.17. The molecule has 0 fully saturated rings. The highest BCUT2D eigenvalue weighted by Gasteiger charge is 2.16. The number of aryl methyl sites for hydroxylation is 1. The van der Waals surface area contributed by atoms with Gasteiger partial charge in [-0.15, -0.1) is 0 Å². The van der Waals surface area contributed by atoms with Gasteiger partial charge in [-0.3, -0.25) is 4.68 Å². The lowest BCUT2D eigenvalue weighted by molar-refractivity contribution is 0.365. The number of aromatic nitrogens is 2. The number of nitrogens with two attached hydrogens (primary N) is 1. The summed E-state index contributed by atoms with van der Waals surface area (Å²) in [6, 6.07) is -0.0819. The SMILES string of the molecule is CCCn1ncc(Cl)c1C(N)CN(C)C. The van der Waals surface area contributed by atoms with E-state index in [9.17, 15) is 0 Å². The number of hydrogen-bond donors (Lipinski definition) is 1. The normalized spacial score (nSPS) is 13.5. The number of likely N-dealkylation sites (N-methyl/N-ethyl adjacent to an activating group) is 1. The maximum absolute atomic E-state index is 6.09. The zero-order chi connectivity index (χ0) is 11.4. The number of rotatable bonds is 5. The lowest BCUT2D eigenvalue weighted by Gasteiger charge is -2.18. The van der Waals surface area contributed by atoms with Crippen molar-refractivity contribution in [2.45, 2.75) is 25.9 Å². The first-order valence-corrected chi connectivity index (χ1v) is 5.55. The van der Waals surface area contributed by atoms with Crippen molar-refractivity contribution in [3.8, 4) is 0 Å². The first kappa shape index (κ1) is 12.5. The van der Waals surface area contributed by atoms with Crippen LogP contribution in [0.4, 0.5) is 0 Å². The van der Waals surface area contributed by atoms with E-state index in [1.807, 2.05) is 23.7 Å². The third kappa shape index (κ3) is 3.19.